The predicted octanol–water partition coefficient (Wildman–Crippen LogP) is 5.17. The van der Waals surface area contributed by atoms with Gasteiger partial charge in [-0.1, -0.05) is 81.7 Å². The van der Waals surface area contributed by atoms with Crippen LogP contribution < -0.4 is 0 Å². The van der Waals surface area contributed by atoms with Crippen LogP contribution in [0.4, 0.5) is 0 Å². The van der Waals surface area contributed by atoms with E-state index in [2.05, 4.69) is 26.0 Å². The van der Waals surface area contributed by atoms with E-state index in [9.17, 15) is 5.11 Å². The zero-order valence-electron chi connectivity index (χ0n) is 12.0. The Hall–Kier alpha value is -0.820. The van der Waals surface area contributed by atoms with Crippen LogP contribution in [0.1, 0.15) is 75.5 Å². The van der Waals surface area contributed by atoms with Crippen molar-refractivity contribution in [3.05, 3.63) is 35.4 Å². The van der Waals surface area contributed by atoms with E-state index in [0.717, 1.165) is 18.4 Å². The second-order valence-electron chi connectivity index (χ2n) is 5.34. The molecule has 1 unspecified atom stereocenters. The molecular formula is C17H28O. The third-order valence-corrected chi connectivity index (χ3v) is 3.54. The highest BCUT2D eigenvalue weighted by Gasteiger charge is 2.06. The number of unbranched alkanes of at least 4 members (excludes halogenated alkanes) is 6. The molecular weight excluding hydrogens is 220 g/mol. The van der Waals surface area contributed by atoms with Crippen LogP contribution in [0, 0.1) is 6.92 Å². The topological polar surface area (TPSA) is 20.2 Å². The van der Waals surface area contributed by atoms with Crippen LogP contribution in [0.15, 0.2) is 24.3 Å². The first-order valence-corrected chi connectivity index (χ1v) is 7.48. The molecule has 0 radical (unpaired) electrons. The first kappa shape index (κ1) is 15.2. The fourth-order valence-electron chi connectivity index (χ4n) is 2.25. The van der Waals surface area contributed by atoms with E-state index in [1.54, 1.807) is 0 Å². The maximum atomic E-state index is 10.1. The highest BCUT2D eigenvalue weighted by Crippen LogP contribution is 2.20. The molecule has 1 N–H and O–H groups in total. The molecule has 0 saturated carbocycles. The number of hydrogen-bond acceptors (Lipinski definition) is 1. The summed E-state index contributed by atoms with van der Waals surface area (Å²) in [5.41, 5.74) is 2.31. The van der Waals surface area contributed by atoms with Gasteiger partial charge in [-0.2, -0.15) is 0 Å². The fourth-order valence-corrected chi connectivity index (χ4v) is 2.25. The molecule has 0 aliphatic heterocycles. The van der Waals surface area contributed by atoms with E-state index >= 15 is 0 Å². The molecule has 0 aliphatic rings. The molecule has 0 amide bonds. The van der Waals surface area contributed by atoms with Gasteiger partial charge in [0, 0.05) is 0 Å². The lowest BCUT2D eigenvalue weighted by Crippen LogP contribution is -1.97. The summed E-state index contributed by atoms with van der Waals surface area (Å²) in [4.78, 5) is 0. The van der Waals surface area contributed by atoms with Crippen LogP contribution in [-0.2, 0) is 0 Å². The number of hydrogen-bond donors (Lipinski definition) is 1. The monoisotopic (exact) mass is 248 g/mol. The third-order valence-electron chi connectivity index (χ3n) is 3.54. The Morgan fingerprint density at radius 1 is 0.889 bits per heavy atom. The molecule has 0 saturated heterocycles. The third kappa shape index (κ3) is 6.20. The summed E-state index contributed by atoms with van der Waals surface area (Å²) in [5.74, 6) is 0. The Bertz CT molecular complexity index is 302. The van der Waals surface area contributed by atoms with E-state index in [1.165, 1.54) is 44.1 Å². The molecule has 1 heteroatoms. The lowest BCUT2D eigenvalue weighted by atomic mass is 10.0. The summed E-state index contributed by atoms with van der Waals surface area (Å²) in [7, 11) is 0. The molecule has 1 nitrogen and oxygen atoms in total. The van der Waals surface area contributed by atoms with Crippen LogP contribution in [0.2, 0.25) is 0 Å². The van der Waals surface area contributed by atoms with Crippen molar-refractivity contribution in [2.45, 2.75) is 71.3 Å². The average molecular weight is 248 g/mol. The SMILES string of the molecule is CCCCCCCCCC(O)c1ccc(C)cc1. The number of aryl methyl sites for hydroxylation is 1. The van der Waals surface area contributed by atoms with Gasteiger partial charge in [-0.25, -0.2) is 0 Å². The van der Waals surface area contributed by atoms with Crippen molar-refractivity contribution in [1.82, 2.24) is 0 Å². The largest absolute Gasteiger partial charge is 0.388 e. The minimum absolute atomic E-state index is 0.277. The van der Waals surface area contributed by atoms with Crippen molar-refractivity contribution in [2.24, 2.45) is 0 Å². The van der Waals surface area contributed by atoms with E-state index in [1.807, 2.05) is 12.1 Å². The van der Waals surface area contributed by atoms with E-state index in [-0.39, 0.29) is 6.10 Å². The van der Waals surface area contributed by atoms with Gasteiger partial charge < -0.3 is 5.11 Å². The zero-order chi connectivity index (χ0) is 13.2. The van der Waals surface area contributed by atoms with Gasteiger partial charge in [0.1, 0.15) is 0 Å². The Morgan fingerprint density at radius 3 is 2.06 bits per heavy atom. The quantitative estimate of drug-likeness (QED) is 0.598. The van der Waals surface area contributed by atoms with Crippen molar-refractivity contribution in [3.8, 4) is 0 Å². The van der Waals surface area contributed by atoms with Gasteiger partial charge in [0.15, 0.2) is 0 Å². The molecule has 1 rings (SSSR count). The van der Waals surface area contributed by atoms with Gasteiger partial charge in [-0.15, -0.1) is 0 Å². The number of aliphatic hydroxyl groups is 1. The van der Waals surface area contributed by atoms with Crippen LogP contribution in [0.25, 0.3) is 0 Å². The molecule has 1 aromatic carbocycles. The van der Waals surface area contributed by atoms with Crippen LogP contribution in [0.3, 0.4) is 0 Å². The minimum atomic E-state index is -0.277. The van der Waals surface area contributed by atoms with Gasteiger partial charge in [0.2, 0.25) is 0 Å². The Morgan fingerprint density at radius 2 is 1.44 bits per heavy atom. The van der Waals surface area contributed by atoms with Crippen LogP contribution in [0.5, 0.6) is 0 Å². The molecule has 0 heterocycles. The second-order valence-corrected chi connectivity index (χ2v) is 5.34. The Labute approximate surface area is 112 Å². The maximum absolute atomic E-state index is 10.1. The number of benzene rings is 1. The summed E-state index contributed by atoms with van der Waals surface area (Å²) in [6.45, 7) is 4.32. The Kier molecular flexibility index (Phi) is 7.75. The van der Waals surface area contributed by atoms with E-state index in [4.69, 9.17) is 0 Å². The number of rotatable bonds is 9. The molecule has 0 aliphatic carbocycles. The van der Waals surface area contributed by atoms with Crippen LogP contribution >= 0.6 is 0 Å². The van der Waals surface area contributed by atoms with E-state index in [0.29, 0.717) is 0 Å². The smallest absolute Gasteiger partial charge is 0.0790 e. The lowest BCUT2D eigenvalue weighted by Gasteiger charge is -2.11. The molecule has 0 spiro atoms. The molecule has 0 bridgehead atoms. The normalized spacial score (nSPS) is 12.6. The summed E-state index contributed by atoms with van der Waals surface area (Å²) in [5, 5.41) is 10.1. The molecule has 1 aromatic rings. The number of aliphatic hydroxyl groups excluding tert-OH is 1. The molecule has 102 valence electrons. The lowest BCUT2D eigenvalue weighted by molar-refractivity contribution is 0.163. The second kappa shape index (κ2) is 9.16. The summed E-state index contributed by atoms with van der Waals surface area (Å²) in [6, 6.07) is 8.23. The first-order chi connectivity index (χ1) is 8.74. The van der Waals surface area contributed by atoms with Gasteiger partial charge in [-0.05, 0) is 18.9 Å². The van der Waals surface area contributed by atoms with Crippen molar-refractivity contribution < 1.29 is 5.11 Å². The Balaban J connectivity index is 2.10. The minimum Gasteiger partial charge on any atom is -0.388 e. The van der Waals surface area contributed by atoms with Gasteiger partial charge in [0.05, 0.1) is 6.10 Å². The van der Waals surface area contributed by atoms with Gasteiger partial charge >= 0.3 is 0 Å². The molecule has 0 fully saturated rings. The van der Waals surface area contributed by atoms with E-state index < -0.39 is 0 Å². The van der Waals surface area contributed by atoms with Crippen molar-refractivity contribution in [3.63, 3.8) is 0 Å². The molecule has 18 heavy (non-hydrogen) atoms. The summed E-state index contributed by atoms with van der Waals surface area (Å²) < 4.78 is 0. The van der Waals surface area contributed by atoms with Gasteiger partial charge in [-0.3, -0.25) is 0 Å². The predicted molar refractivity (Wildman–Crippen MR) is 78.7 cm³/mol. The maximum Gasteiger partial charge on any atom is 0.0790 e. The zero-order valence-corrected chi connectivity index (χ0v) is 12.0. The summed E-state index contributed by atoms with van der Waals surface area (Å²) >= 11 is 0. The molecule has 1 atom stereocenters. The van der Waals surface area contributed by atoms with Crippen LogP contribution in [-0.4, -0.2) is 5.11 Å². The van der Waals surface area contributed by atoms with Crippen molar-refractivity contribution in [2.75, 3.05) is 0 Å². The average Bonchev–Trinajstić information content (AvgIpc) is 2.38. The molecule has 0 aromatic heterocycles. The highest BCUT2D eigenvalue weighted by molar-refractivity contribution is 5.22. The van der Waals surface area contributed by atoms with Crippen molar-refractivity contribution >= 4 is 0 Å². The van der Waals surface area contributed by atoms with Crippen molar-refractivity contribution in [1.29, 1.82) is 0 Å². The van der Waals surface area contributed by atoms with Gasteiger partial charge in [0.25, 0.3) is 0 Å². The highest BCUT2D eigenvalue weighted by atomic mass is 16.3. The fraction of sp³-hybridized carbons (Fsp3) is 0.647. The summed E-state index contributed by atoms with van der Waals surface area (Å²) in [6.07, 6.45) is 9.75. The standard InChI is InChI=1S/C17H28O/c1-3-4-5-6-7-8-9-10-17(18)16-13-11-15(2)12-14-16/h11-14,17-18H,3-10H2,1-2H3. The first-order valence-electron chi connectivity index (χ1n) is 7.48.